The van der Waals surface area contributed by atoms with Crippen molar-refractivity contribution in [2.24, 2.45) is 0 Å². The molecule has 0 bridgehead atoms. The summed E-state index contributed by atoms with van der Waals surface area (Å²) in [6, 6.07) is 14.4. The molecule has 0 N–H and O–H groups in total. The Kier molecular flexibility index (Phi) is 3.83. The SMILES string of the molecule is Fc1ccc(C(Cl)c2ccc(Cl)c3ccccc23)c(F)c1. The molecule has 1 atom stereocenters. The van der Waals surface area contributed by atoms with Gasteiger partial charge in [-0.15, -0.1) is 11.6 Å². The molecule has 0 nitrogen and oxygen atoms in total. The smallest absolute Gasteiger partial charge is 0.131 e. The van der Waals surface area contributed by atoms with Gasteiger partial charge in [0.1, 0.15) is 11.6 Å². The average Bonchev–Trinajstić information content (AvgIpc) is 2.47. The van der Waals surface area contributed by atoms with E-state index in [-0.39, 0.29) is 5.56 Å². The van der Waals surface area contributed by atoms with Gasteiger partial charge < -0.3 is 0 Å². The largest absolute Gasteiger partial charge is 0.207 e. The second-order valence-corrected chi connectivity index (χ2v) is 5.55. The third-order valence-electron chi connectivity index (χ3n) is 3.41. The van der Waals surface area contributed by atoms with Crippen molar-refractivity contribution < 1.29 is 8.78 Å². The van der Waals surface area contributed by atoms with Crippen molar-refractivity contribution >= 4 is 34.0 Å². The van der Waals surface area contributed by atoms with Crippen LogP contribution in [0.5, 0.6) is 0 Å². The van der Waals surface area contributed by atoms with E-state index in [1.165, 1.54) is 12.1 Å². The van der Waals surface area contributed by atoms with E-state index in [9.17, 15) is 8.78 Å². The van der Waals surface area contributed by atoms with Crippen LogP contribution < -0.4 is 0 Å². The van der Waals surface area contributed by atoms with Gasteiger partial charge in [-0.05, 0) is 23.1 Å². The summed E-state index contributed by atoms with van der Waals surface area (Å²) in [6.07, 6.45) is 0. The van der Waals surface area contributed by atoms with Crippen LogP contribution in [0, 0.1) is 11.6 Å². The first kappa shape index (κ1) is 14.3. The molecule has 0 spiro atoms. The number of hydrogen-bond donors (Lipinski definition) is 0. The Morgan fingerprint density at radius 2 is 1.48 bits per heavy atom. The number of rotatable bonds is 2. The van der Waals surface area contributed by atoms with Gasteiger partial charge in [0, 0.05) is 22.0 Å². The second-order valence-electron chi connectivity index (χ2n) is 4.71. The third-order valence-corrected chi connectivity index (χ3v) is 4.21. The normalized spacial score (nSPS) is 12.6. The quantitative estimate of drug-likeness (QED) is 0.500. The lowest BCUT2D eigenvalue weighted by atomic mass is 9.97. The van der Waals surface area contributed by atoms with Crippen LogP contribution in [0.4, 0.5) is 8.78 Å². The zero-order valence-corrected chi connectivity index (χ0v) is 12.3. The van der Waals surface area contributed by atoms with Crippen LogP contribution in [-0.2, 0) is 0 Å². The molecule has 21 heavy (non-hydrogen) atoms. The lowest BCUT2D eigenvalue weighted by Crippen LogP contribution is -1.99. The summed E-state index contributed by atoms with van der Waals surface area (Å²) in [6.45, 7) is 0. The van der Waals surface area contributed by atoms with Crippen LogP contribution in [0.25, 0.3) is 10.8 Å². The van der Waals surface area contributed by atoms with Crippen LogP contribution >= 0.6 is 23.2 Å². The predicted molar refractivity (Wildman–Crippen MR) is 83.0 cm³/mol. The number of hydrogen-bond acceptors (Lipinski definition) is 0. The maximum atomic E-state index is 13.9. The van der Waals surface area contributed by atoms with Crippen LogP contribution in [0.1, 0.15) is 16.5 Å². The summed E-state index contributed by atoms with van der Waals surface area (Å²) < 4.78 is 26.9. The van der Waals surface area contributed by atoms with E-state index in [1.807, 2.05) is 24.3 Å². The first-order valence-corrected chi connectivity index (χ1v) is 7.15. The molecule has 106 valence electrons. The Morgan fingerprint density at radius 3 is 2.19 bits per heavy atom. The van der Waals surface area contributed by atoms with Crippen molar-refractivity contribution in [2.45, 2.75) is 5.38 Å². The van der Waals surface area contributed by atoms with E-state index < -0.39 is 17.0 Å². The van der Waals surface area contributed by atoms with E-state index in [2.05, 4.69) is 0 Å². The average molecular weight is 323 g/mol. The van der Waals surface area contributed by atoms with Gasteiger partial charge in [0.05, 0.1) is 5.38 Å². The monoisotopic (exact) mass is 322 g/mol. The minimum atomic E-state index is -0.715. The van der Waals surface area contributed by atoms with Crippen LogP contribution in [0.3, 0.4) is 0 Å². The lowest BCUT2D eigenvalue weighted by Gasteiger charge is -2.15. The number of benzene rings is 3. The maximum Gasteiger partial charge on any atom is 0.131 e. The van der Waals surface area contributed by atoms with Crippen molar-refractivity contribution in [1.29, 1.82) is 0 Å². The number of alkyl halides is 1. The molecule has 1 unspecified atom stereocenters. The molecule has 0 aromatic heterocycles. The van der Waals surface area contributed by atoms with Crippen LogP contribution in [0.15, 0.2) is 54.6 Å². The van der Waals surface area contributed by atoms with Gasteiger partial charge >= 0.3 is 0 Å². The minimum absolute atomic E-state index is 0.241. The van der Waals surface area contributed by atoms with Gasteiger partial charge in [0.15, 0.2) is 0 Å². The standard InChI is InChI=1S/C17H10Cl2F2/c18-15-8-7-13(11-3-1-2-4-12(11)15)17(19)14-6-5-10(20)9-16(14)21/h1-9,17H. The van der Waals surface area contributed by atoms with Crippen molar-refractivity contribution in [3.8, 4) is 0 Å². The highest BCUT2D eigenvalue weighted by Crippen LogP contribution is 2.37. The van der Waals surface area contributed by atoms with E-state index in [4.69, 9.17) is 23.2 Å². The molecule has 0 aliphatic heterocycles. The lowest BCUT2D eigenvalue weighted by molar-refractivity contribution is 0.574. The molecule has 0 amide bonds. The van der Waals surface area contributed by atoms with Gasteiger partial charge in [-0.25, -0.2) is 8.78 Å². The molecule has 0 heterocycles. The molecule has 0 radical (unpaired) electrons. The third kappa shape index (κ3) is 2.61. The number of fused-ring (bicyclic) bond motifs is 1. The van der Waals surface area contributed by atoms with E-state index >= 15 is 0 Å². The summed E-state index contributed by atoms with van der Waals surface area (Å²) in [5.41, 5.74) is 0.979. The summed E-state index contributed by atoms with van der Waals surface area (Å²) >= 11 is 12.6. The first-order valence-electron chi connectivity index (χ1n) is 6.34. The molecule has 0 saturated carbocycles. The highest BCUT2D eigenvalue weighted by atomic mass is 35.5. The van der Waals surface area contributed by atoms with Crippen molar-refractivity contribution in [3.63, 3.8) is 0 Å². The van der Waals surface area contributed by atoms with Crippen molar-refractivity contribution in [2.75, 3.05) is 0 Å². The fourth-order valence-electron chi connectivity index (χ4n) is 2.38. The Hall–Kier alpha value is -1.64. The number of halogens is 4. The van der Waals surface area contributed by atoms with E-state index in [0.717, 1.165) is 22.4 Å². The summed E-state index contributed by atoms with van der Waals surface area (Å²) in [5, 5.41) is 1.60. The van der Waals surface area contributed by atoms with E-state index in [0.29, 0.717) is 5.02 Å². The molecule has 3 rings (SSSR count). The van der Waals surface area contributed by atoms with E-state index in [1.54, 1.807) is 12.1 Å². The van der Waals surface area contributed by atoms with Crippen LogP contribution in [-0.4, -0.2) is 0 Å². The van der Waals surface area contributed by atoms with Gasteiger partial charge in [0.25, 0.3) is 0 Å². The molecular weight excluding hydrogens is 313 g/mol. The Bertz CT molecular complexity index is 815. The summed E-state index contributed by atoms with van der Waals surface area (Å²) in [4.78, 5) is 0. The maximum absolute atomic E-state index is 13.9. The fourth-order valence-corrected chi connectivity index (χ4v) is 2.98. The van der Waals surface area contributed by atoms with Gasteiger partial charge in [-0.2, -0.15) is 0 Å². The highest BCUT2D eigenvalue weighted by molar-refractivity contribution is 6.36. The van der Waals surface area contributed by atoms with Crippen molar-refractivity contribution in [1.82, 2.24) is 0 Å². The minimum Gasteiger partial charge on any atom is -0.207 e. The zero-order valence-electron chi connectivity index (χ0n) is 10.8. The van der Waals surface area contributed by atoms with Gasteiger partial charge in [-0.1, -0.05) is 48.0 Å². The molecule has 0 aliphatic rings. The fraction of sp³-hybridized carbons (Fsp3) is 0.0588. The predicted octanol–water partition coefficient (Wildman–Crippen LogP) is 6.10. The molecule has 0 fully saturated rings. The second kappa shape index (κ2) is 5.63. The highest BCUT2D eigenvalue weighted by Gasteiger charge is 2.18. The molecule has 4 heteroatoms. The molecule has 0 saturated heterocycles. The molecule has 0 aliphatic carbocycles. The van der Waals surface area contributed by atoms with Gasteiger partial charge in [-0.3, -0.25) is 0 Å². The topological polar surface area (TPSA) is 0 Å². The molecule has 3 aromatic carbocycles. The van der Waals surface area contributed by atoms with Crippen LogP contribution in [0.2, 0.25) is 5.02 Å². The van der Waals surface area contributed by atoms with Crippen molar-refractivity contribution in [3.05, 3.63) is 82.4 Å². The molecule has 3 aromatic rings. The first-order chi connectivity index (χ1) is 10.1. The van der Waals surface area contributed by atoms with Gasteiger partial charge in [0.2, 0.25) is 0 Å². The Balaban J connectivity index is 2.18. The Labute approximate surface area is 130 Å². The summed E-state index contributed by atoms with van der Waals surface area (Å²) in [5.74, 6) is -1.28. The molecular formula is C17H10Cl2F2. The Morgan fingerprint density at radius 1 is 0.810 bits per heavy atom. The summed E-state index contributed by atoms with van der Waals surface area (Å²) in [7, 11) is 0. The zero-order chi connectivity index (χ0) is 15.0.